The number of aliphatic hydroxyl groups excluding tert-OH is 1. The quantitative estimate of drug-likeness (QED) is 0.159. The van der Waals surface area contributed by atoms with Crippen LogP contribution in [0.15, 0.2) is 58.6 Å². The molecule has 1 heterocycles. The van der Waals surface area contributed by atoms with Gasteiger partial charge >= 0.3 is 0 Å². The van der Waals surface area contributed by atoms with Crippen molar-refractivity contribution in [2.45, 2.75) is 46.1 Å². The van der Waals surface area contributed by atoms with Gasteiger partial charge in [-0.05, 0) is 49.3 Å². The fourth-order valence-corrected chi connectivity index (χ4v) is 4.56. The highest BCUT2D eigenvalue weighted by Crippen LogP contribution is 2.39. The maximum absolute atomic E-state index is 13.2. The largest absolute Gasteiger partial charge is 0.507 e. The lowest BCUT2D eigenvalue weighted by molar-refractivity contribution is -0.140. The normalized spacial score (nSPS) is 17.4. The monoisotopic (exact) mass is 542 g/mol. The van der Waals surface area contributed by atoms with Crippen LogP contribution in [-0.2, 0) is 9.59 Å². The van der Waals surface area contributed by atoms with Crippen LogP contribution in [0.1, 0.15) is 57.2 Å². The van der Waals surface area contributed by atoms with E-state index in [1.165, 1.54) is 0 Å². The highest BCUT2D eigenvalue weighted by molar-refractivity contribution is 9.10. The van der Waals surface area contributed by atoms with Gasteiger partial charge in [0.2, 0.25) is 0 Å². The van der Waals surface area contributed by atoms with Crippen molar-refractivity contribution in [3.05, 3.63) is 69.7 Å². The number of nitrogens with zero attached hydrogens (tertiary/aromatic N) is 2. The van der Waals surface area contributed by atoms with Gasteiger partial charge in [0.25, 0.3) is 11.7 Å². The molecule has 1 saturated heterocycles. The molecule has 0 saturated carbocycles. The van der Waals surface area contributed by atoms with Crippen LogP contribution in [-0.4, -0.2) is 59.4 Å². The van der Waals surface area contributed by atoms with Gasteiger partial charge in [-0.15, -0.1) is 0 Å². The summed E-state index contributed by atoms with van der Waals surface area (Å²) in [5.74, 6) is -0.653. The molecular weight excluding hydrogens is 508 g/mol. The van der Waals surface area contributed by atoms with Crippen molar-refractivity contribution >= 4 is 33.4 Å². The van der Waals surface area contributed by atoms with Crippen molar-refractivity contribution in [3.8, 4) is 5.75 Å². The van der Waals surface area contributed by atoms with Gasteiger partial charge in [0.1, 0.15) is 11.5 Å². The molecule has 1 amide bonds. The lowest BCUT2D eigenvalue weighted by Crippen LogP contribution is -2.38. The van der Waals surface area contributed by atoms with Gasteiger partial charge in [-0.2, -0.15) is 0 Å². The second-order valence-electron chi connectivity index (χ2n) is 8.65. The van der Waals surface area contributed by atoms with Gasteiger partial charge in [-0.25, -0.2) is 0 Å². The number of unbranched alkanes of at least 4 members (excludes halogenated alkanes) is 2. The Hall–Kier alpha value is -2.64. The number of aliphatic hydroxyl groups is 1. The van der Waals surface area contributed by atoms with Gasteiger partial charge in [0.05, 0.1) is 18.2 Å². The lowest BCUT2D eigenvalue weighted by atomic mass is 9.95. The zero-order chi connectivity index (χ0) is 25.4. The van der Waals surface area contributed by atoms with Crippen LogP contribution in [0, 0.1) is 0 Å². The van der Waals surface area contributed by atoms with Crippen LogP contribution < -0.4 is 4.74 Å². The molecule has 1 N–H and O–H groups in total. The topological polar surface area (TPSA) is 70.1 Å². The fourth-order valence-electron chi connectivity index (χ4n) is 4.30. The first-order valence-corrected chi connectivity index (χ1v) is 13.2. The number of likely N-dealkylation sites (tertiary alicyclic amines) is 1. The third-order valence-corrected chi connectivity index (χ3v) is 6.95. The van der Waals surface area contributed by atoms with Gasteiger partial charge < -0.3 is 19.6 Å². The molecule has 35 heavy (non-hydrogen) atoms. The Morgan fingerprint density at radius 1 is 1.00 bits per heavy atom. The van der Waals surface area contributed by atoms with E-state index in [0.29, 0.717) is 25.3 Å². The molecule has 188 valence electrons. The number of benzene rings is 2. The van der Waals surface area contributed by atoms with Crippen molar-refractivity contribution < 1.29 is 19.4 Å². The summed E-state index contributed by atoms with van der Waals surface area (Å²) < 4.78 is 6.70. The van der Waals surface area contributed by atoms with E-state index in [9.17, 15) is 14.7 Å². The number of rotatable bonds is 12. The predicted octanol–water partition coefficient (Wildman–Crippen LogP) is 5.78. The number of likely N-dealkylation sites (N-methyl/N-ethyl adjacent to an activating group) is 1. The highest BCUT2D eigenvalue weighted by atomic mass is 79.9. The zero-order valence-corrected chi connectivity index (χ0v) is 22.4. The lowest BCUT2D eigenvalue weighted by Gasteiger charge is -2.28. The standard InChI is InChI=1S/C28H35BrN2O4/c1-4-7-8-19-35-23-15-11-20(12-16-23)25-24(26(32)21-9-13-22(29)14-10-21)27(33)28(34)31(25)18-17-30(5-2)6-3/h9-16,25,32H,4-8,17-19H2,1-3H3/b26-24+. The fraction of sp³-hybridized carbons (Fsp3) is 0.429. The second kappa shape index (κ2) is 12.9. The number of halogens is 1. The van der Waals surface area contributed by atoms with Crippen molar-refractivity contribution in [2.75, 3.05) is 32.8 Å². The van der Waals surface area contributed by atoms with Crippen LogP contribution in [0.5, 0.6) is 5.75 Å². The number of ether oxygens (including phenoxy) is 1. The van der Waals surface area contributed by atoms with E-state index in [1.807, 2.05) is 24.3 Å². The van der Waals surface area contributed by atoms with Gasteiger partial charge in [0.15, 0.2) is 0 Å². The van der Waals surface area contributed by atoms with Gasteiger partial charge in [-0.3, -0.25) is 9.59 Å². The number of carbonyl (C=O) groups excluding carboxylic acids is 2. The molecule has 0 radical (unpaired) electrons. The third kappa shape index (κ3) is 6.53. The number of hydrogen-bond acceptors (Lipinski definition) is 5. The number of amides is 1. The average Bonchev–Trinajstić information content (AvgIpc) is 3.12. The van der Waals surface area contributed by atoms with E-state index in [0.717, 1.165) is 48.1 Å². The SMILES string of the molecule is CCCCCOc1ccc(C2/C(=C(\O)c3ccc(Br)cc3)C(=O)C(=O)N2CCN(CC)CC)cc1. The molecule has 2 aromatic rings. The molecule has 7 heteroatoms. The minimum Gasteiger partial charge on any atom is -0.507 e. The molecule has 1 aliphatic rings. The van der Waals surface area contributed by atoms with Crippen molar-refractivity contribution in [1.82, 2.24) is 9.80 Å². The first-order chi connectivity index (χ1) is 16.9. The van der Waals surface area contributed by atoms with Gasteiger partial charge in [-0.1, -0.05) is 73.8 Å². The van der Waals surface area contributed by atoms with Crippen LogP contribution in [0.2, 0.25) is 0 Å². The van der Waals surface area contributed by atoms with E-state index in [2.05, 4.69) is 41.6 Å². The Morgan fingerprint density at radius 3 is 2.26 bits per heavy atom. The smallest absolute Gasteiger partial charge is 0.295 e. The number of Topliss-reactive ketones (excluding diaryl/α,β-unsaturated/α-hetero) is 1. The first-order valence-electron chi connectivity index (χ1n) is 12.4. The third-order valence-electron chi connectivity index (χ3n) is 6.42. The summed E-state index contributed by atoms with van der Waals surface area (Å²) in [7, 11) is 0. The Labute approximate surface area is 216 Å². The van der Waals surface area contributed by atoms with Crippen LogP contribution in [0.25, 0.3) is 5.76 Å². The molecule has 6 nitrogen and oxygen atoms in total. The second-order valence-corrected chi connectivity index (χ2v) is 9.57. The molecule has 0 aromatic heterocycles. The molecule has 1 fully saturated rings. The minimum atomic E-state index is -0.664. The highest BCUT2D eigenvalue weighted by Gasteiger charge is 2.45. The Bertz CT molecular complexity index is 1030. The van der Waals surface area contributed by atoms with E-state index >= 15 is 0 Å². The minimum absolute atomic E-state index is 0.119. The number of hydrogen-bond donors (Lipinski definition) is 1. The summed E-state index contributed by atoms with van der Waals surface area (Å²) in [4.78, 5) is 30.1. The Balaban J connectivity index is 1.97. The first kappa shape index (κ1) is 27.0. The van der Waals surface area contributed by atoms with E-state index in [4.69, 9.17) is 4.74 Å². The molecular formula is C28H35BrN2O4. The van der Waals surface area contributed by atoms with E-state index in [1.54, 1.807) is 29.2 Å². The molecule has 1 unspecified atom stereocenters. The molecule has 1 aliphatic heterocycles. The van der Waals surface area contributed by atoms with Crippen LogP contribution in [0.3, 0.4) is 0 Å². The molecule has 1 atom stereocenters. The van der Waals surface area contributed by atoms with Crippen LogP contribution >= 0.6 is 15.9 Å². The van der Waals surface area contributed by atoms with Crippen LogP contribution in [0.4, 0.5) is 0 Å². The molecule has 0 spiro atoms. The van der Waals surface area contributed by atoms with Crippen molar-refractivity contribution in [1.29, 1.82) is 0 Å². The average molecular weight is 544 g/mol. The molecule has 0 aliphatic carbocycles. The summed E-state index contributed by atoms with van der Waals surface area (Å²) >= 11 is 3.39. The van der Waals surface area contributed by atoms with E-state index in [-0.39, 0.29) is 11.3 Å². The molecule has 3 rings (SSSR count). The van der Waals surface area contributed by atoms with E-state index < -0.39 is 17.7 Å². The van der Waals surface area contributed by atoms with Crippen molar-refractivity contribution in [2.24, 2.45) is 0 Å². The number of carbonyl (C=O) groups is 2. The summed E-state index contributed by atoms with van der Waals surface area (Å²) in [5.41, 5.74) is 1.38. The summed E-state index contributed by atoms with van der Waals surface area (Å²) in [6.45, 7) is 9.70. The maximum Gasteiger partial charge on any atom is 0.295 e. The predicted molar refractivity (Wildman–Crippen MR) is 142 cm³/mol. The summed E-state index contributed by atoms with van der Waals surface area (Å²) in [6, 6.07) is 13.9. The zero-order valence-electron chi connectivity index (χ0n) is 20.8. The maximum atomic E-state index is 13.2. The number of ketones is 1. The summed E-state index contributed by atoms with van der Waals surface area (Å²) in [6.07, 6.45) is 3.25. The Kier molecular flexibility index (Phi) is 9.93. The summed E-state index contributed by atoms with van der Waals surface area (Å²) in [5, 5.41) is 11.2. The van der Waals surface area contributed by atoms with Gasteiger partial charge in [0, 0.05) is 23.1 Å². The van der Waals surface area contributed by atoms with Crippen molar-refractivity contribution in [3.63, 3.8) is 0 Å². The molecule has 2 aromatic carbocycles. The molecule has 0 bridgehead atoms. The Morgan fingerprint density at radius 2 is 1.66 bits per heavy atom.